The van der Waals surface area contributed by atoms with E-state index in [9.17, 15) is 14.7 Å². The van der Waals surface area contributed by atoms with Crippen molar-refractivity contribution in [3.8, 4) is 11.3 Å². The Bertz CT molecular complexity index is 1140. The number of carbonyl (C=O) groups excluding carboxylic acids is 2. The van der Waals surface area contributed by atoms with Crippen LogP contribution in [0.2, 0.25) is 0 Å². The molecule has 2 amide bonds. The van der Waals surface area contributed by atoms with E-state index >= 15 is 0 Å². The number of amides is 2. The van der Waals surface area contributed by atoms with Crippen molar-refractivity contribution in [1.29, 1.82) is 0 Å². The van der Waals surface area contributed by atoms with Crippen molar-refractivity contribution in [3.05, 3.63) is 59.9 Å². The number of aliphatic hydroxyl groups is 1. The first kappa shape index (κ1) is 30.8. The van der Waals surface area contributed by atoms with Gasteiger partial charge < -0.3 is 19.7 Å². The number of nitrogens with zero attached hydrogens (tertiary/aromatic N) is 4. The number of aromatic nitrogens is 3. The largest absolute Gasteiger partial charge is 0.443 e. The Morgan fingerprint density at radius 1 is 1.18 bits per heavy atom. The zero-order valence-corrected chi connectivity index (χ0v) is 23.9. The van der Waals surface area contributed by atoms with Crippen LogP contribution in [-0.2, 0) is 9.59 Å². The van der Waals surface area contributed by atoms with E-state index in [0.29, 0.717) is 19.4 Å². The molecule has 4 rings (SSSR count). The molecule has 1 saturated heterocycles. The van der Waals surface area contributed by atoms with Crippen molar-refractivity contribution in [3.63, 3.8) is 0 Å². The maximum atomic E-state index is 12.7. The number of likely N-dealkylation sites (tertiary alicyclic amines) is 1. The molecule has 0 aliphatic carbocycles. The van der Waals surface area contributed by atoms with Gasteiger partial charge in [-0.05, 0) is 51.2 Å². The van der Waals surface area contributed by atoms with Gasteiger partial charge in [0, 0.05) is 24.3 Å². The zero-order chi connectivity index (χ0) is 28.4. The highest BCUT2D eigenvalue weighted by Gasteiger charge is 2.37. The maximum absolute atomic E-state index is 12.7. The van der Waals surface area contributed by atoms with Gasteiger partial charge in [0.05, 0.1) is 24.0 Å². The number of aliphatic hydroxyl groups excluding tert-OH is 1. The van der Waals surface area contributed by atoms with Crippen LogP contribution in [0.3, 0.4) is 0 Å². The van der Waals surface area contributed by atoms with Gasteiger partial charge in [-0.15, -0.1) is 0 Å². The van der Waals surface area contributed by atoms with Crippen molar-refractivity contribution < 1.29 is 19.1 Å². The fourth-order valence-corrected chi connectivity index (χ4v) is 4.47. The Labute approximate surface area is 226 Å². The Hall–Kier alpha value is -3.46. The molecule has 0 spiro atoms. The summed E-state index contributed by atoms with van der Waals surface area (Å²) in [4.78, 5) is 28.9. The second-order valence-corrected chi connectivity index (χ2v) is 9.81. The first-order valence-corrected chi connectivity index (χ1v) is 13.3. The predicted octanol–water partition coefficient (Wildman–Crippen LogP) is 4.85. The molecule has 0 saturated carbocycles. The van der Waals surface area contributed by atoms with Gasteiger partial charge in [0.15, 0.2) is 12.2 Å². The lowest BCUT2D eigenvalue weighted by molar-refractivity contribution is -0.137. The number of carbonyl (C=O) groups is 2. The molecule has 9 nitrogen and oxygen atoms in total. The standard InChI is InChI=1S/C14H23N3O2.C13H14N2O2.C2H6/c1-9(2)13(17-7-10(3)6-15-17)14(19)16-8-12(18)5-11(16)4;1-9(14-7-16)11-3-5-12(6-4-11)13-10(2)15-8-17-13;1-2/h6-7,9,11-13,18H,5,8H2,1-4H3;3-9H,1-2H3,(H,14,16);1-2H3. The van der Waals surface area contributed by atoms with Gasteiger partial charge in [-0.1, -0.05) is 52.0 Å². The molecule has 0 radical (unpaired) electrons. The number of oxazole rings is 1. The second-order valence-electron chi connectivity index (χ2n) is 9.81. The summed E-state index contributed by atoms with van der Waals surface area (Å²) in [5, 5.41) is 16.7. The zero-order valence-electron chi connectivity index (χ0n) is 23.9. The number of aryl methyl sites for hydroxylation is 2. The first-order valence-electron chi connectivity index (χ1n) is 13.3. The van der Waals surface area contributed by atoms with Gasteiger partial charge >= 0.3 is 0 Å². The normalized spacial score (nSPS) is 18.1. The van der Waals surface area contributed by atoms with E-state index < -0.39 is 6.10 Å². The Balaban J connectivity index is 0.000000252. The predicted molar refractivity (Wildman–Crippen MR) is 148 cm³/mol. The van der Waals surface area contributed by atoms with Crippen LogP contribution in [0.1, 0.15) is 76.9 Å². The third-order valence-corrected chi connectivity index (χ3v) is 6.47. The highest BCUT2D eigenvalue weighted by molar-refractivity contribution is 5.81. The van der Waals surface area contributed by atoms with Crippen LogP contribution in [0, 0.1) is 19.8 Å². The molecule has 38 heavy (non-hydrogen) atoms. The summed E-state index contributed by atoms with van der Waals surface area (Å²) in [5.41, 5.74) is 3.96. The highest BCUT2D eigenvalue weighted by atomic mass is 16.3. The number of hydrogen-bond acceptors (Lipinski definition) is 6. The molecule has 3 heterocycles. The maximum Gasteiger partial charge on any atom is 0.248 e. The molecule has 3 aromatic rings. The van der Waals surface area contributed by atoms with E-state index in [1.165, 1.54) is 6.39 Å². The van der Waals surface area contributed by atoms with Crippen molar-refractivity contribution in [2.75, 3.05) is 6.54 Å². The number of rotatable bonds is 7. The van der Waals surface area contributed by atoms with Crippen LogP contribution in [-0.4, -0.2) is 55.8 Å². The monoisotopic (exact) mass is 525 g/mol. The molecule has 1 aliphatic heterocycles. The molecule has 9 heteroatoms. The van der Waals surface area contributed by atoms with Gasteiger partial charge in [-0.25, -0.2) is 4.98 Å². The summed E-state index contributed by atoms with van der Waals surface area (Å²) in [6.07, 6.45) is 6.08. The van der Waals surface area contributed by atoms with Gasteiger partial charge in [0.25, 0.3) is 0 Å². The molecule has 4 unspecified atom stereocenters. The fraction of sp³-hybridized carbons (Fsp3) is 0.517. The van der Waals surface area contributed by atoms with Crippen molar-refractivity contribution >= 4 is 12.3 Å². The lowest BCUT2D eigenvalue weighted by atomic mass is 10.0. The molecule has 1 aliphatic rings. The Morgan fingerprint density at radius 2 is 1.84 bits per heavy atom. The molecule has 208 valence electrons. The number of benzene rings is 1. The van der Waals surface area contributed by atoms with E-state index in [4.69, 9.17) is 4.42 Å². The lowest BCUT2D eigenvalue weighted by Crippen LogP contribution is -2.41. The van der Waals surface area contributed by atoms with Crippen molar-refractivity contribution in [2.24, 2.45) is 5.92 Å². The van der Waals surface area contributed by atoms with Crippen LogP contribution in [0.5, 0.6) is 0 Å². The van der Waals surface area contributed by atoms with Crippen LogP contribution >= 0.6 is 0 Å². The lowest BCUT2D eigenvalue weighted by Gasteiger charge is -2.29. The summed E-state index contributed by atoms with van der Waals surface area (Å²) in [7, 11) is 0. The summed E-state index contributed by atoms with van der Waals surface area (Å²) in [6, 6.07) is 7.69. The molecular weight excluding hydrogens is 482 g/mol. The molecule has 2 N–H and O–H groups in total. The molecule has 4 atom stereocenters. The average Bonchev–Trinajstić information content (AvgIpc) is 3.60. The van der Waals surface area contributed by atoms with Gasteiger partial charge in [-0.3, -0.25) is 14.3 Å². The van der Waals surface area contributed by atoms with Crippen molar-refractivity contribution in [2.45, 2.75) is 86.0 Å². The van der Waals surface area contributed by atoms with E-state index in [-0.39, 0.29) is 30.0 Å². The third-order valence-electron chi connectivity index (χ3n) is 6.47. The summed E-state index contributed by atoms with van der Waals surface area (Å²) in [5.74, 6) is 1.01. The van der Waals surface area contributed by atoms with Crippen LogP contribution in [0.25, 0.3) is 11.3 Å². The van der Waals surface area contributed by atoms with Crippen LogP contribution < -0.4 is 5.32 Å². The smallest absolute Gasteiger partial charge is 0.248 e. The summed E-state index contributed by atoms with van der Waals surface area (Å²) < 4.78 is 7.07. The minimum atomic E-state index is -0.397. The average molecular weight is 526 g/mol. The Kier molecular flexibility index (Phi) is 11.7. The van der Waals surface area contributed by atoms with Crippen molar-refractivity contribution in [1.82, 2.24) is 25.0 Å². The number of β-amino-alcohol motifs (C(OH)–C–C–N with tert-alkyl or cyclic N) is 1. The van der Waals surface area contributed by atoms with Crippen LogP contribution in [0.4, 0.5) is 0 Å². The first-order chi connectivity index (χ1) is 18.1. The van der Waals surface area contributed by atoms with E-state index in [1.54, 1.807) is 15.8 Å². The van der Waals surface area contributed by atoms with Crippen LogP contribution in [0.15, 0.2) is 47.5 Å². The third kappa shape index (κ3) is 7.77. The minimum Gasteiger partial charge on any atom is -0.443 e. The number of nitrogens with one attached hydrogen (secondary N) is 1. The van der Waals surface area contributed by atoms with Gasteiger partial charge in [0.1, 0.15) is 6.04 Å². The second kappa shape index (κ2) is 14.5. The quantitative estimate of drug-likeness (QED) is 0.426. The van der Waals surface area contributed by atoms with Gasteiger partial charge in [-0.2, -0.15) is 5.10 Å². The van der Waals surface area contributed by atoms with E-state index in [0.717, 1.165) is 28.1 Å². The molecular formula is C29H43N5O4. The molecule has 0 bridgehead atoms. The molecule has 2 aromatic heterocycles. The molecule has 1 fully saturated rings. The van der Waals surface area contributed by atoms with E-state index in [1.807, 2.05) is 85.9 Å². The molecule has 1 aromatic carbocycles. The topological polar surface area (TPSA) is 113 Å². The summed E-state index contributed by atoms with van der Waals surface area (Å²) in [6.45, 7) is 16.3. The fourth-order valence-electron chi connectivity index (χ4n) is 4.47. The number of hydrogen-bond donors (Lipinski definition) is 2. The summed E-state index contributed by atoms with van der Waals surface area (Å²) >= 11 is 0. The SMILES string of the molecule is CC.Cc1cnn(C(C(=O)N2CC(O)CC2C)C(C)C)c1.Cc1ncoc1-c1ccc(C(C)NC=O)cc1. The minimum absolute atomic E-state index is 0.0115. The highest BCUT2D eigenvalue weighted by Crippen LogP contribution is 2.26. The van der Waals surface area contributed by atoms with Gasteiger partial charge in [0.2, 0.25) is 12.3 Å². The Morgan fingerprint density at radius 3 is 2.29 bits per heavy atom. The van der Waals surface area contributed by atoms with E-state index in [2.05, 4.69) is 15.4 Å².